The third kappa shape index (κ3) is 2.51. The van der Waals surface area contributed by atoms with Crippen molar-refractivity contribution < 1.29 is 0 Å². The van der Waals surface area contributed by atoms with Crippen LogP contribution in [0.4, 0.5) is 11.4 Å². The van der Waals surface area contributed by atoms with Gasteiger partial charge in [0.15, 0.2) is 0 Å². The molecule has 0 atom stereocenters. The van der Waals surface area contributed by atoms with Crippen LogP contribution in [0.1, 0.15) is 36.5 Å². The number of nitrogens with one attached hydrogen (secondary N) is 1. The SMILES string of the molecule is CCCCc1cccc2c1CCc1ccccc1N2. The van der Waals surface area contributed by atoms with E-state index in [1.54, 1.807) is 0 Å². The van der Waals surface area contributed by atoms with Crippen molar-refractivity contribution in [2.45, 2.75) is 39.0 Å². The van der Waals surface area contributed by atoms with E-state index in [1.807, 2.05) is 0 Å². The Hall–Kier alpha value is -1.76. The molecule has 0 aromatic heterocycles. The van der Waals surface area contributed by atoms with Crippen LogP contribution < -0.4 is 5.32 Å². The van der Waals surface area contributed by atoms with Crippen molar-refractivity contribution in [3.63, 3.8) is 0 Å². The number of hydrogen-bond acceptors (Lipinski definition) is 1. The molecule has 1 heterocycles. The highest BCUT2D eigenvalue weighted by molar-refractivity contribution is 5.69. The predicted molar refractivity (Wildman–Crippen MR) is 82.2 cm³/mol. The van der Waals surface area contributed by atoms with E-state index in [2.05, 4.69) is 54.7 Å². The fourth-order valence-corrected chi connectivity index (χ4v) is 2.91. The smallest absolute Gasteiger partial charge is 0.0419 e. The van der Waals surface area contributed by atoms with Gasteiger partial charge in [-0.1, -0.05) is 43.7 Å². The molecule has 0 amide bonds. The summed E-state index contributed by atoms with van der Waals surface area (Å²) in [5.41, 5.74) is 7.05. The number of aryl methyl sites for hydroxylation is 2. The molecule has 1 aliphatic heterocycles. The molecule has 3 rings (SSSR count). The summed E-state index contributed by atoms with van der Waals surface area (Å²) < 4.78 is 0. The van der Waals surface area contributed by atoms with Crippen molar-refractivity contribution in [2.24, 2.45) is 0 Å². The second-order valence-corrected chi connectivity index (χ2v) is 5.33. The molecule has 0 aliphatic carbocycles. The van der Waals surface area contributed by atoms with E-state index in [9.17, 15) is 0 Å². The third-order valence-corrected chi connectivity index (χ3v) is 4.00. The summed E-state index contributed by atoms with van der Waals surface area (Å²) in [5.74, 6) is 0. The normalized spacial score (nSPS) is 13.1. The van der Waals surface area contributed by atoms with Crippen LogP contribution in [0.3, 0.4) is 0 Å². The minimum Gasteiger partial charge on any atom is -0.355 e. The number of benzene rings is 2. The number of hydrogen-bond donors (Lipinski definition) is 1. The summed E-state index contributed by atoms with van der Waals surface area (Å²) in [6.07, 6.45) is 6.04. The van der Waals surface area contributed by atoms with E-state index in [-0.39, 0.29) is 0 Å². The van der Waals surface area contributed by atoms with Crippen molar-refractivity contribution in [1.82, 2.24) is 0 Å². The highest BCUT2D eigenvalue weighted by Crippen LogP contribution is 2.32. The van der Waals surface area contributed by atoms with Gasteiger partial charge in [-0.25, -0.2) is 0 Å². The molecular formula is C18H21N. The summed E-state index contributed by atoms with van der Waals surface area (Å²) in [6.45, 7) is 2.26. The minimum atomic E-state index is 1.14. The van der Waals surface area contributed by atoms with Gasteiger partial charge in [-0.2, -0.15) is 0 Å². The van der Waals surface area contributed by atoms with Crippen LogP contribution in [0, 0.1) is 0 Å². The first-order valence-electron chi connectivity index (χ1n) is 7.34. The maximum atomic E-state index is 3.62. The van der Waals surface area contributed by atoms with Crippen LogP contribution >= 0.6 is 0 Å². The Morgan fingerprint density at radius 1 is 0.947 bits per heavy atom. The van der Waals surface area contributed by atoms with Crippen molar-refractivity contribution in [3.8, 4) is 0 Å². The highest BCUT2D eigenvalue weighted by Gasteiger charge is 2.14. The zero-order valence-electron chi connectivity index (χ0n) is 11.6. The van der Waals surface area contributed by atoms with E-state index in [1.165, 1.54) is 47.3 Å². The van der Waals surface area contributed by atoms with E-state index < -0.39 is 0 Å². The zero-order valence-corrected chi connectivity index (χ0v) is 11.6. The Bertz CT molecular complexity index is 572. The Labute approximate surface area is 115 Å². The summed E-state index contributed by atoms with van der Waals surface area (Å²) in [5, 5.41) is 3.62. The van der Waals surface area contributed by atoms with Crippen LogP contribution in [0.2, 0.25) is 0 Å². The van der Waals surface area contributed by atoms with Gasteiger partial charge in [-0.3, -0.25) is 0 Å². The van der Waals surface area contributed by atoms with Crippen LogP contribution in [-0.4, -0.2) is 0 Å². The molecule has 1 heteroatoms. The molecular weight excluding hydrogens is 230 g/mol. The number of unbranched alkanes of at least 4 members (excludes halogenated alkanes) is 1. The summed E-state index contributed by atoms with van der Waals surface area (Å²) in [4.78, 5) is 0. The minimum absolute atomic E-state index is 1.14. The van der Waals surface area contributed by atoms with Gasteiger partial charge in [-0.15, -0.1) is 0 Å². The number of rotatable bonds is 3. The topological polar surface area (TPSA) is 12.0 Å². The average molecular weight is 251 g/mol. The van der Waals surface area contributed by atoms with Gasteiger partial charge in [-0.05, 0) is 54.5 Å². The Kier molecular flexibility index (Phi) is 3.54. The van der Waals surface area contributed by atoms with E-state index in [0.717, 1.165) is 12.8 Å². The Balaban J connectivity index is 1.96. The Morgan fingerprint density at radius 3 is 2.68 bits per heavy atom. The molecule has 2 aromatic rings. The van der Waals surface area contributed by atoms with Gasteiger partial charge in [0.25, 0.3) is 0 Å². The lowest BCUT2D eigenvalue weighted by Crippen LogP contribution is -1.98. The van der Waals surface area contributed by atoms with Crippen LogP contribution in [0.15, 0.2) is 42.5 Å². The van der Waals surface area contributed by atoms with Crippen LogP contribution in [0.5, 0.6) is 0 Å². The first-order chi connectivity index (χ1) is 9.38. The molecule has 0 fully saturated rings. The lowest BCUT2D eigenvalue weighted by atomic mass is 9.96. The van der Waals surface area contributed by atoms with E-state index in [4.69, 9.17) is 0 Å². The summed E-state index contributed by atoms with van der Waals surface area (Å²) in [7, 11) is 0. The molecule has 0 saturated carbocycles. The summed E-state index contributed by atoms with van der Waals surface area (Å²) in [6, 6.07) is 15.4. The maximum Gasteiger partial charge on any atom is 0.0419 e. The zero-order chi connectivity index (χ0) is 13.1. The van der Waals surface area contributed by atoms with Crippen molar-refractivity contribution in [2.75, 3.05) is 5.32 Å². The highest BCUT2D eigenvalue weighted by atomic mass is 14.9. The molecule has 0 spiro atoms. The second-order valence-electron chi connectivity index (χ2n) is 5.33. The number of anilines is 2. The first-order valence-corrected chi connectivity index (χ1v) is 7.34. The van der Waals surface area contributed by atoms with E-state index >= 15 is 0 Å². The maximum absolute atomic E-state index is 3.62. The standard InChI is InChI=1S/C18H21N/c1-2-3-7-14-9-6-11-18-16(14)13-12-15-8-4-5-10-17(15)19-18/h4-6,8-11,19H,2-3,7,12-13H2,1H3. The van der Waals surface area contributed by atoms with Crippen LogP contribution in [0.25, 0.3) is 0 Å². The lowest BCUT2D eigenvalue weighted by Gasteiger charge is -2.13. The molecule has 1 aliphatic rings. The predicted octanol–water partition coefficient (Wildman–Crippen LogP) is 4.87. The molecule has 2 aromatic carbocycles. The number of fused-ring (bicyclic) bond motifs is 2. The van der Waals surface area contributed by atoms with Gasteiger partial charge in [0, 0.05) is 11.4 Å². The number of para-hydroxylation sites is 1. The average Bonchev–Trinajstić information content (AvgIpc) is 2.64. The molecule has 0 unspecified atom stereocenters. The molecule has 0 radical (unpaired) electrons. The molecule has 98 valence electrons. The van der Waals surface area contributed by atoms with Gasteiger partial charge < -0.3 is 5.32 Å². The fraction of sp³-hybridized carbons (Fsp3) is 0.333. The van der Waals surface area contributed by atoms with Gasteiger partial charge in [0.05, 0.1) is 0 Å². The molecule has 1 nitrogen and oxygen atoms in total. The molecule has 1 N–H and O–H groups in total. The largest absolute Gasteiger partial charge is 0.355 e. The van der Waals surface area contributed by atoms with Gasteiger partial charge >= 0.3 is 0 Å². The first kappa shape index (κ1) is 12.3. The molecule has 0 bridgehead atoms. The fourth-order valence-electron chi connectivity index (χ4n) is 2.91. The van der Waals surface area contributed by atoms with Crippen molar-refractivity contribution in [3.05, 3.63) is 59.2 Å². The van der Waals surface area contributed by atoms with Crippen molar-refractivity contribution in [1.29, 1.82) is 0 Å². The van der Waals surface area contributed by atoms with Gasteiger partial charge in [0.1, 0.15) is 0 Å². The lowest BCUT2D eigenvalue weighted by molar-refractivity contribution is 0.784. The molecule has 0 saturated heterocycles. The second kappa shape index (κ2) is 5.48. The van der Waals surface area contributed by atoms with E-state index in [0.29, 0.717) is 0 Å². The molecule has 19 heavy (non-hydrogen) atoms. The van der Waals surface area contributed by atoms with Crippen LogP contribution in [-0.2, 0) is 19.3 Å². The van der Waals surface area contributed by atoms with Crippen molar-refractivity contribution >= 4 is 11.4 Å². The quantitative estimate of drug-likeness (QED) is 0.820. The monoisotopic (exact) mass is 251 g/mol. The third-order valence-electron chi connectivity index (χ3n) is 4.00. The Morgan fingerprint density at radius 2 is 1.79 bits per heavy atom. The van der Waals surface area contributed by atoms with Gasteiger partial charge in [0.2, 0.25) is 0 Å². The summed E-state index contributed by atoms with van der Waals surface area (Å²) >= 11 is 0.